The second kappa shape index (κ2) is 5.84. The molecule has 0 aliphatic heterocycles. The first-order valence-electron chi connectivity index (χ1n) is 6.34. The van der Waals surface area contributed by atoms with E-state index in [1.807, 2.05) is 6.07 Å². The normalized spacial score (nSPS) is 12.3. The summed E-state index contributed by atoms with van der Waals surface area (Å²) in [5.41, 5.74) is 1.26. The zero-order valence-electron chi connectivity index (χ0n) is 12.6. The predicted octanol–water partition coefficient (Wildman–Crippen LogP) is 3.39. The summed E-state index contributed by atoms with van der Waals surface area (Å²) in [6, 6.07) is 3.58. The van der Waals surface area contributed by atoms with Crippen LogP contribution in [-0.4, -0.2) is 26.4 Å². The predicted molar refractivity (Wildman–Crippen MR) is 77.6 cm³/mol. The monoisotopic (exact) mass is 281 g/mol. The van der Waals surface area contributed by atoms with Crippen LogP contribution < -0.4 is 0 Å². The Labute approximate surface area is 116 Å². The summed E-state index contributed by atoms with van der Waals surface area (Å²) in [7, 11) is -0.427. The van der Waals surface area contributed by atoms with Crippen LogP contribution >= 0.6 is 0 Å². The first-order valence-corrected chi connectivity index (χ1v) is 9.25. The number of carbonyl (C=O) groups excluding carboxylic acids is 1. The van der Waals surface area contributed by atoms with Gasteiger partial charge in [0.15, 0.2) is 8.32 Å². The Bertz CT molecular complexity index is 452. The maximum absolute atomic E-state index is 11.4. The van der Waals surface area contributed by atoms with Gasteiger partial charge in [0, 0.05) is 6.20 Å². The number of hydrogen-bond acceptors (Lipinski definition) is 4. The van der Waals surface area contributed by atoms with Gasteiger partial charge in [-0.1, -0.05) is 20.8 Å². The van der Waals surface area contributed by atoms with Gasteiger partial charge in [0.2, 0.25) is 0 Å². The van der Waals surface area contributed by atoms with E-state index in [9.17, 15) is 4.79 Å². The number of methoxy groups -OCH3 is 1. The molecule has 0 saturated carbocycles. The van der Waals surface area contributed by atoms with Crippen molar-refractivity contribution in [2.45, 2.75) is 45.5 Å². The third kappa shape index (κ3) is 4.14. The minimum atomic E-state index is -1.78. The van der Waals surface area contributed by atoms with E-state index in [1.165, 1.54) is 7.11 Å². The summed E-state index contributed by atoms with van der Waals surface area (Å²) >= 11 is 0. The summed E-state index contributed by atoms with van der Waals surface area (Å²) in [6.45, 7) is 11.5. The highest BCUT2D eigenvalue weighted by Gasteiger charge is 2.37. The quantitative estimate of drug-likeness (QED) is 0.627. The van der Waals surface area contributed by atoms with E-state index in [0.29, 0.717) is 12.3 Å². The number of aromatic nitrogens is 1. The Balaban J connectivity index is 2.76. The number of hydrogen-bond donors (Lipinski definition) is 0. The molecule has 0 spiro atoms. The lowest BCUT2D eigenvalue weighted by Crippen LogP contribution is -2.40. The van der Waals surface area contributed by atoms with Crippen molar-refractivity contribution in [3.05, 3.63) is 29.6 Å². The Hall–Kier alpha value is -1.20. The molecule has 0 atom stereocenters. The maximum Gasteiger partial charge on any atom is 0.356 e. The van der Waals surface area contributed by atoms with E-state index in [4.69, 9.17) is 4.43 Å². The van der Waals surface area contributed by atoms with Crippen LogP contribution in [0, 0.1) is 0 Å². The summed E-state index contributed by atoms with van der Waals surface area (Å²) in [5, 5.41) is 0.172. The zero-order chi connectivity index (χ0) is 14.7. The maximum atomic E-state index is 11.4. The molecule has 0 bridgehead atoms. The van der Waals surface area contributed by atoms with Gasteiger partial charge < -0.3 is 9.16 Å². The van der Waals surface area contributed by atoms with Crippen LogP contribution in [0.4, 0.5) is 0 Å². The lowest BCUT2D eigenvalue weighted by molar-refractivity contribution is 0.0594. The van der Waals surface area contributed by atoms with Crippen molar-refractivity contribution in [1.82, 2.24) is 4.98 Å². The summed E-state index contributed by atoms with van der Waals surface area (Å²) in [4.78, 5) is 15.4. The number of pyridine rings is 1. The van der Waals surface area contributed by atoms with Crippen LogP contribution in [0.3, 0.4) is 0 Å². The number of rotatable bonds is 4. The molecule has 4 nitrogen and oxygen atoms in total. The van der Waals surface area contributed by atoms with Crippen molar-refractivity contribution < 1.29 is 14.0 Å². The van der Waals surface area contributed by atoms with Gasteiger partial charge in [-0.25, -0.2) is 9.78 Å². The fourth-order valence-electron chi connectivity index (χ4n) is 1.26. The van der Waals surface area contributed by atoms with Crippen molar-refractivity contribution in [2.24, 2.45) is 0 Å². The number of esters is 1. The summed E-state index contributed by atoms with van der Waals surface area (Å²) < 4.78 is 10.8. The van der Waals surface area contributed by atoms with E-state index in [0.717, 1.165) is 5.56 Å². The van der Waals surface area contributed by atoms with Crippen molar-refractivity contribution in [1.29, 1.82) is 0 Å². The second-order valence-electron chi connectivity index (χ2n) is 6.09. The van der Waals surface area contributed by atoms with Crippen LogP contribution in [0.1, 0.15) is 36.8 Å². The van der Waals surface area contributed by atoms with Crippen molar-refractivity contribution >= 4 is 14.3 Å². The zero-order valence-corrected chi connectivity index (χ0v) is 13.6. The third-order valence-corrected chi connectivity index (χ3v) is 8.10. The first-order chi connectivity index (χ1) is 8.67. The van der Waals surface area contributed by atoms with E-state index in [-0.39, 0.29) is 5.04 Å². The molecule has 1 aromatic heterocycles. The van der Waals surface area contributed by atoms with Gasteiger partial charge in [0.05, 0.1) is 13.7 Å². The lowest BCUT2D eigenvalue weighted by Gasteiger charge is -2.36. The van der Waals surface area contributed by atoms with E-state index in [2.05, 4.69) is 43.6 Å². The topological polar surface area (TPSA) is 48.4 Å². The average Bonchev–Trinajstić information content (AvgIpc) is 2.34. The van der Waals surface area contributed by atoms with E-state index < -0.39 is 14.3 Å². The van der Waals surface area contributed by atoms with Crippen molar-refractivity contribution in [3.8, 4) is 0 Å². The molecular weight excluding hydrogens is 258 g/mol. The Morgan fingerprint density at radius 2 is 2.00 bits per heavy atom. The molecule has 0 aliphatic carbocycles. The van der Waals surface area contributed by atoms with E-state index >= 15 is 0 Å². The van der Waals surface area contributed by atoms with Gasteiger partial charge in [0.1, 0.15) is 5.69 Å². The molecule has 1 rings (SSSR count). The summed E-state index contributed by atoms with van der Waals surface area (Å²) in [5.74, 6) is -0.422. The molecule has 0 radical (unpaired) electrons. The van der Waals surface area contributed by atoms with Crippen molar-refractivity contribution in [2.75, 3.05) is 7.11 Å². The van der Waals surface area contributed by atoms with Crippen molar-refractivity contribution in [3.63, 3.8) is 0 Å². The molecule has 1 aromatic rings. The van der Waals surface area contributed by atoms with Gasteiger partial charge in [-0.2, -0.15) is 0 Å². The van der Waals surface area contributed by atoms with Gasteiger partial charge in [0.25, 0.3) is 0 Å². The minimum Gasteiger partial charge on any atom is -0.464 e. The average molecular weight is 281 g/mol. The molecule has 0 amide bonds. The summed E-state index contributed by atoms with van der Waals surface area (Å²) in [6.07, 6.45) is 1.61. The van der Waals surface area contributed by atoms with Crippen LogP contribution in [-0.2, 0) is 15.8 Å². The highest BCUT2D eigenvalue weighted by molar-refractivity contribution is 6.74. The largest absolute Gasteiger partial charge is 0.464 e. The second-order valence-corrected chi connectivity index (χ2v) is 10.9. The number of nitrogens with zero attached hydrogens (tertiary/aromatic N) is 1. The standard InChI is InChI=1S/C14H23NO3Si/c1-14(2,3)19(5,6)18-10-11-7-8-15-12(9-11)13(16)17-4/h7-9H,10H2,1-6H3. The third-order valence-electron chi connectivity index (χ3n) is 3.62. The van der Waals surface area contributed by atoms with Crippen LogP contribution in [0.15, 0.2) is 18.3 Å². The Morgan fingerprint density at radius 3 is 2.53 bits per heavy atom. The SMILES string of the molecule is COC(=O)c1cc(CO[Si](C)(C)C(C)(C)C)ccn1. The lowest BCUT2D eigenvalue weighted by atomic mass is 10.2. The fourth-order valence-corrected chi connectivity index (χ4v) is 2.22. The van der Waals surface area contributed by atoms with Crippen LogP contribution in [0.2, 0.25) is 18.1 Å². The molecule has 0 saturated heterocycles. The molecule has 1 heterocycles. The molecule has 19 heavy (non-hydrogen) atoms. The van der Waals surface area contributed by atoms with Gasteiger partial charge >= 0.3 is 5.97 Å². The van der Waals surface area contributed by atoms with E-state index in [1.54, 1.807) is 12.3 Å². The molecular formula is C14H23NO3Si. The smallest absolute Gasteiger partial charge is 0.356 e. The molecule has 0 N–H and O–H groups in total. The molecule has 5 heteroatoms. The molecule has 0 aliphatic rings. The highest BCUT2D eigenvalue weighted by atomic mass is 28.4. The minimum absolute atomic E-state index is 0.172. The first kappa shape index (κ1) is 15.9. The number of carbonyl (C=O) groups is 1. The fraction of sp³-hybridized carbons (Fsp3) is 0.571. The molecule has 0 aromatic carbocycles. The van der Waals surface area contributed by atoms with Gasteiger partial charge in [-0.15, -0.1) is 0 Å². The molecule has 0 unspecified atom stereocenters. The van der Waals surface area contributed by atoms with Gasteiger partial charge in [-0.05, 0) is 35.8 Å². The highest BCUT2D eigenvalue weighted by Crippen LogP contribution is 2.37. The Kier molecular flexibility index (Phi) is 4.87. The van der Waals surface area contributed by atoms with Crippen LogP contribution in [0.5, 0.6) is 0 Å². The number of ether oxygens (including phenoxy) is 1. The molecule has 0 fully saturated rings. The van der Waals surface area contributed by atoms with Gasteiger partial charge in [-0.3, -0.25) is 0 Å². The Morgan fingerprint density at radius 1 is 1.37 bits per heavy atom. The molecule has 106 valence electrons. The van der Waals surface area contributed by atoms with Crippen LogP contribution in [0.25, 0.3) is 0 Å².